The monoisotopic (exact) mass is 230 g/mol. The molecule has 1 fully saturated rings. The number of hydrazine groups is 1. The highest BCUT2D eigenvalue weighted by atomic mass is 16.5. The van der Waals surface area contributed by atoms with Crippen LogP contribution in [0.3, 0.4) is 0 Å². The second-order valence-corrected chi connectivity index (χ2v) is 4.14. The summed E-state index contributed by atoms with van der Waals surface area (Å²) < 4.78 is 10.7. The van der Waals surface area contributed by atoms with Gasteiger partial charge in [-0.3, -0.25) is 5.43 Å². The number of nitrogens with one attached hydrogen (secondary N) is 1. The van der Waals surface area contributed by atoms with Crippen LogP contribution in [0.2, 0.25) is 0 Å². The normalized spacial score (nSPS) is 26.6. The maximum atomic E-state index is 5.47. The molecule has 6 heteroatoms. The van der Waals surface area contributed by atoms with Gasteiger partial charge in [0.05, 0.1) is 0 Å². The molecule has 2 atom stereocenters. The van der Waals surface area contributed by atoms with E-state index in [2.05, 4.69) is 10.4 Å². The van der Waals surface area contributed by atoms with Gasteiger partial charge in [0.15, 0.2) is 0 Å². The Balaban J connectivity index is 2.68. The standard InChI is InChI=1S/C10H22N4O2/c1-7(2)12-10(13-11)14-5-8(15-3)9(6-14)16-4/h7-9H,5-6,11H2,1-4H3,(H,12,13). The molecule has 0 amide bonds. The summed E-state index contributed by atoms with van der Waals surface area (Å²) >= 11 is 0. The van der Waals surface area contributed by atoms with Gasteiger partial charge in [-0.25, -0.2) is 10.8 Å². The number of guanidine groups is 1. The smallest absolute Gasteiger partial charge is 0.208 e. The minimum Gasteiger partial charge on any atom is -0.377 e. The fourth-order valence-corrected chi connectivity index (χ4v) is 1.82. The van der Waals surface area contributed by atoms with Crippen molar-refractivity contribution >= 4 is 5.96 Å². The molecular formula is C10H22N4O2. The first-order valence-electron chi connectivity index (χ1n) is 5.47. The second kappa shape index (κ2) is 6.03. The fraction of sp³-hybridized carbons (Fsp3) is 0.900. The molecule has 1 heterocycles. The van der Waals surface area contributed by atoms with Gasteiger partial charge in [0.25, 0.3) is 0 Å². The lowest BCUT2D eigenvalue weighted by atomic mass is 10.3. The zero-order chi connectivity index (χ0) is 12.1. The first-order chi connectivity index (χ1) is 7.62. The number of hydrogen-bond acceptors (Lipinski definition) is 4. The minimum atomic E-state index is 0.0655. The molecular weight excluding hydrogens is 208 g/mol. The van der Waals surface area contributed by atoms with Crippen LogP contribution in [0.25, 0.3) is 0 Å². The molecule has 94 valence electrons. The van der Waals surface area contributed by atoms with E-state index in [1.165, 1.54) is 0 Å². The number of likely N-dealkylation sites (tertiary alicyclic amines) is 1. The highest BCUT2D eigenvalue weighted by Crippen LogP contribution is 2.15. The van der Waals surface area contributed by atoms with Crippen molar-refractivity contribution in [1.82, 2.24) is 10.3 Å². The third-order valence-electron chi connectivity index (χ3n) is 2.63. The minimum absolute atomic E-state index is 0.0655. The molecule has 0 radical (unpaired) electrons. The number of ether oxygens (including phenoxy) is 2. The van der Waals surface area contributed by atoms with Crippen LogP contribution in [-0.4, -0.2) is 56.4 Å². The molecule has 0 aromatic heterocycles. The van der Waals surface area contributed by atoms with Crippen molar-refractivity contribution in [2.45, 2.75) is 32.1 Å². The number of hydrogen-bond donors (Lipinski definition) is 2. The molecule has 1 aliphatic heterocycles. The first kappa shape index (κ1) is 13.2. The van der Waals surface area contributed by atoms with Gasteiger partial charge in [0.2, 0.25) is 5.96 Å². The van der Waals surface area contributed by atoms with Crippen LogP contribution in [0, 0.1) is 0 Å². The summed E-state index contributed by atoms with van der Waals surface area (Å²) in [6.45, 7) is 5.50. The molecule has 0 spiro atoms. The number of rotatable bonds is 3. The summed E-state index contributed by atoms with van der Waals surface area (Å²) in [4.78, 5) is 6.45. The van der Waals surface area contributed by atoms with E-state index in [0.717, 1.165) is 13.1 Å². The Hall–Kier alpha value is -0.850. The van der Waals surface area contributed by atoms with Crippen molar-refractivity contribution in [3.05, 3.63) is 0 Å². The molecule has 0 aromatic rings. The predicted octanol–water partition coefficient (Wildman–Crippen LogP) is -0.440. The Morgan fingerprint density at radius 3 is 2.12 bits per heavy atom. The van der Waals surface area contributed by atoms with Gasteiger partial charge in [-0.2, -0.15) is 0 Å². The van der Waals surface area contributed by atoms with Crippen molar-refractivity contribution in [2.75, 3.05) is 27.3 Å². The Labute approximate surface area is 96.8 Å². The van der Waals surface area contributed by atoms with Crippen LogP contribution < -0.4 is 11.3 Å². The van der Waals surface area contributed by atoms with Crippen molar-refractivity contribution < 1.29 is 9.47 Å². The van der Waals surface area contributed by atoms with Gasteiger partial charge in [-0.05, 0) is 13.8 Å². The van der Waals surface area contributed by atoms with Crippen LogP contribution in [0.1, 0.15) is 13.8 Å². The van der Waals surface area contributed by atoms with Crippen molar-refractivity contribution in [3.8, 4) is 0 Å². The maximum Gasteiger partial charge on any atom is 0.208 e. The van der Waals surface area contributed by atoms with Gasteiger partial charge in [-0.15, -0.1) is 0 Å². The van der Waals surface area contributed by atoms with Crippen molar-refractivity contribution in [1.29, 1.82) is 0 Å². The summed E-state index contributed by atoms with van der Waals surface area (Å²) in [6, 6.07) is 0.202. The highest BCUT2D eigenvalue weighted by Gasteiger charge is 2.34. The molecule has 6 nitrogen and oxygen atoms in total. The zero-order valence-electron chi connectivity index (χ0n) is 10.4. The maximum absolute atomic E-state index is 5.47. The van der Waals surface area contributed by atoms with E-state index in [1.54, 1.807) is 14.2 Å². The van der Waals surface area contributed by atoms with Crippen molar-refractivity contribution in [2.24, 2.45) is 10.8 Å². The molecule has 0 aliphatic carbocycles. The summed E-state index contributed by atoms with van der Waals surface area (Å²) in [5, 5.41) is 0. The molecule has 0 aromatic carbocycles. The molecule has 0 saturated carbocycles. The topological polar surface area (TPSA) is 72.1 Å². The Morgan fingerprint density at radius 2 is 1.81 bits per heavy atom. The summed E-state index contributed by atoms with van der Waals surface area (Å²) in [7, 11) is 3.38. The summed E-state index contributed by atoms with van der Waals surface area (Å²) in [5.74, 6) is 6.16. The molecule has 3 N–H and O–H groups in total. The largest absolute Gasteiger partial charge is 0.377 e. The second-order valence-electron chi connectivity index (χ2n) is 4.14. The van der Waals surface area contributed by atoms with Gasteiger partial charge >= 0.3 is 0 Å². The molecule has 1 aliphatic rings. The predicted molar refractivity (Wildman–Crippen MR) is 63.1 cm³/mol. The Bertz CT molecular complexity index is 233. The lowest BCUT2D eigenvalue weighted by Gasteiger charge is -2.20. The first-order valence-corrected chi connectivity index (χ1v) is 5.47. The van der Waals surface area contributed by atoms with E-state index in [-0.39, 0.29) is 18.2 Å². The van der Waals surface area contributed by atoms with E-state index >= 15 is 0 Å². The summed E-state index contributed by atoms with van der Waals surface area (Å²) in [5.41, 5.74) is 2.63. The van der Waals surface area contributed by atoms with E-state index < -0.39 is 0 Å². The molecule has 1 rings (SSSR count). The zero-order valence-corrected chi connectivity index (χ0v) is 10.4. The average molecular weight is 230 g/mol. The van der Waals surface area contributed by atoms with Crippen LogP contribution >= 0.6 is 0 Å². The van der Waals surface area contributed by atoms with Gasteiger partial charge in [0.1, 0.15) is 12.2 Å². The average Bonchev–Trinajstić information content (AvgIpc) is 2.68. The lowest BCUT2D eigenvalue weighted by Crippen LogP contribution is -2.44. The number of methoxy groups -OCH3 is 2. The molecule has 1 saturated heterocycles. The summed E-state index contributed by atoms with van der Waals surface area (Å²) in [6.07, 6.45) is 0.131. The third-order valence-corrected chi connectivity index (χ3v) is 2.63. The van der Waals surface area contributed by atoms with E-state index in [0.29, 0.717) is 5.96 Å². The number of nitrogens with two attached hydrogens (primary N) is 1. The SMILES string of the molecule is COC1CN(C(=NC(C)C)NN)CC1OC. The lowest BCUT2D eigenvalue weighted by molar-refractivity contribution is -0.00461. The van der Waals surface area contributed by atoms with Gasteiger partial charge in [0, 0.05) is 33.4 Å². The fourth-order valence-electron chi connectivity index (χ4n) is 1.82. The Kier molecular flexibility index (Phi) is 4.98. The van der Waals surface area contributed by atoms with E-state index in [9.17, 15) is 0 Å². The van der Waals surface area contributed by atoms with Crippen LogP contribution in [0.4, 0.5) is 0 Å². The highest BCUT2D eigenvalue weighted by molar-refractivity contribution is 5.80. The van der Waals surface area contributed by atoms with Crippen molar-refractivity contribution in [3.63, 3.8) is 0 Å². The van der Waals surface area contributed by atoms with E-state index in [1.807, 2.05) is 18.7 Å². The quantitative estimate of drug-likeness (QED) is 0.298. The number of nitrogens with zero attached hydrogens (tertiary/aromatic N) is 2. The molecule has 0 bridgehead atoms. The van der Waals surface area contributed by atoms with Crippen LogP contribution in [0.15, 0.2) is 4.99 Å². The van der Waals surface area contributed by atoms with Crippen LogP contribution in [0.5, 0.6) is 0 Å². The molecule has 16 heavy (non-hydrogen) atoms. The Morgan fingerprint density at radius 1 is 1.31 bits per heavy atom. The van der Waals surface area contributed by atoms with Gasteiger partial charge in [-0.1, -0.05) is 0 Å². The van der Waals surface area contributed by atoms with Crippen LogP contribution in [-0.2, 0) is 9.47 Å². The number of aliphatic imine (C=N–C) groups is 1. The third kappa shape index (κ3) is 3.07. The van der Waals surface area contributed by atoms with Gasteiger partial charge < -0.3 is 14.4 Å². The molecule has 2 unspecified atom stereocenters. The van der Waals surface area contributed by atoms with E-state index in [4.69, 9.17) is 15.3 Å².